The molecule has 0 spiro atoms. The molecule has 1 atom stereocenters. The largest absolute Gasteiger partial charge is 0.460 e. The second kappa shape index (κ2) is 11.8. The van der Waals surface area contributed by atoms with E-state index in [-0.39, 0.29) is 18.3 Å². The molecule has 200 valence electrons. The number of rotatable bonds is 9. The van der Waals surface area contributed by atoms with Crippen LogP contribution >= 0.6 is 0 Å². The van der Waals surface area contributed by atoms with E-state index in [1.165, 1.54) is 36.1 Å². The van der Waals surface area contributed by atoms with Crippen LogP contribution in [0.2, 0.25) is 0 Å². The first-order chi connectivity index (χ1) is 17.7. The Hall–Kier alpha value is -2.66. The van der Waals surface area contributed by atoms with Crippen LogP contribution in [0.25, 0.3) is 11.1 Å². The molecule has 2 aromatic rings. The predicted octanol–water partition coefficient (Wildman–Crippen LogP) is 6.04. The van der Waals surface area contributed by atoms with Crippen molar-refractivity contribution < 1.29 is 14.3 Å². The highest BCUT2D eigenvalue weighted by Gasteiger charge is 2.42. The van der Waals surface area contributed by atoms with Gasteiger partial charge in [0, 0.05) is 19.1 Å². The van der Waals surface area contributed by atoms with E-state index in [0.29, 0.717) is 12.6 Å². The van der Waals surface area contributed by atoms with Gasteiger partial charge in [-0.15, -0.1) is 0 Å². The minimum atomic E-state index is -0.512. The van der Waals surface area contributed by atoms with Gasteiger partial charge in [-0.3, -0.25) is 9.59 Å². The van der Waals surface area contributed by atoms with Gasteiger partial charge in [0.25, 0.3) is 0 Å². The van der Waals surface area contributed by atoms with Gasteiger partial charge in [0.1, 0.15) is 5.60 Å². The molecule has 0 aromatic heterocycles. The number of carbonyl (C=O) groups is 2. The number of nitrogens with one attached hydrogen (secondary N) is 1. The molecule has 1 saturated heterocycles. The highest BCUT2D eigenvalue weighted by atomic mass is 16.6. The average molecular weight is 505 g/mol. The van der Waals surface area contributed by atoms with Crippen molar-refractivity contribution >= 4 is 11.9 Å². The fourth-order valence-corrected chi connectivity index (χ4v) is 5.91. The monoisotopic (exact) mass is 504 g/mol. The molecule has 1 aliphatic carbocycles. The van der Waals surface area contributed by atoms with Crippen LogP contribution in [0.5, 0.6) is 0 Å². The van der Waals surface area contributed by atoms with Crippen molar-refractivity contribution in [3.8, 4) is 11.1 Å². The molecule has 2 aromatic carbocycles. The van der Waals surface area contributed by atoms with E-state index < -0.39 is 11.0 Å². The lowest BCUT2D eigenvalue weighted by atomic mass is 9.77. The van der Waals surface area contributed by atoms with Gasteiger partial charge in [0.05, 0.1) is 11.8 Å². The SMILES string of the molecule is CC1CCCN1CCc1ccc(-c2ccc(C3(C(=O)NCCC(=O)OC(C)(C)C)CCCC3)cc2)cc1. The molecule has 5 heteroatoms. The van der Waals surface area contributed by atoms with Crippen LogP contribution in [0.3, 0.4) is 0 Å². The number of nitrogens with zero attached hydrogens (tertiary/aromatic N) is 1. The number of esters is 1. The first kappa shape index (κ1) is 27.4. The Bertz CT molecular complexity index is 1050. The first-order valence-electron chi connectivity index (χ1n) is 14.1. The Labute approximate surface area is 223 Å². The number of hydrogen-bond acceptors (Lipinski definition) is 4. The summed E-state index contributed by atoms with van der Waals surface area (Å²) in [6.07, 6.45) is 7.69. The molecule has 1 heterocycles. The maximum absolute atomic E-state index is 13.3. The molecule has 5 nitrogen and oxygen atoms in total. The van der Waals surface area contributed by atoms with Crippen molar-refractivity contribution in [2.24, 2.45) is 0 Å². The van der Waals surface area contributed by atoms with E-state index in [4.69, 9.17) is 4.74 Å². The number of benzene rings is 2. The Balaban J connectivity index is 1.36. The Morgan fingerprint density at radius 3 is 2.16 bits per heavy atom. The number of likely N-dealkylation sites (tertiary alicyclic amines) is 1. The van der Waals surface area contributed by atoms with Crippen molar-refractivity contribution in [1.29, 1.82) is 0 Å². The molecule has 1 amide bonds. The quantitative estimate of drug-likeness (QED) is 0.423. The van der Waals surface area contributed by atoms with Crippen LogP contribution in [0.4, 0.5) is 0 Å². The Morgan fingerprint density at radius 1 is 0.973 bits per heavy atom. The van der Waals surface area contributed by atoms with Crippen molar-refractivity contribution in [2.45, 2.75) is 96.1 Å². The summed E-state index contributed by atoms with van der Waals surface area (Å²) in [6.45, 7) is 10.6. The van der Waals surface area contributed by atoms with E-state index >= 15 is 0 Å². The second-order valence-corrected chi connectivity index (χ2v) is 11.9. The number of amides is 1. The lowest BCUT2D eigenvalue weighted by Crippen LogP contribution is -2.43. The van der Waals surface area contributed by atoms with Gasteiger partial charge in [0.15, 0.2) is 0 Å². The summed E-state index contributed by atoms with van der Waals surface area (Å²) in [5.41, 5.74) is 3.80. The lowest BCUT2D eigenvalue weighted by Gasteiger charge is -2.28. The molecule has 1 saturated carbocycles. The summed E-state index contributed by atoms with van der Waals surface area (Å²) in [5.74, 6) is -0.257. The van der Waals surface area contributed by atoms with Crippen LogP contribution < -0.4 is 5.32 Å². The molecule has 1 N–H and O–H groups in total. The first-order valence-corrected chi connectivity index (χ1v) is 14.1. The van der Waals surface area contributed by atoms with Gasteiger partial charge >= 0.3 is 5.97 Å². The molecule has 2 fully saturated rings. The maximum atomic E-state index is 13.3. The van der Waals surface area contributed by atoms with Crippen molar-refractivity contribution in [2.75, 3.05) is 19.6 Å². The molecule has 2 aliphatic rings. The zero-order valence-electron chi connectivity index (χ0n) is 23.1. The van der Waals surface area contributed by atoms with Crippen LogP contribution in [0.1, 0.15) is 83.8 Å². The molecule has 4 rings (SSSR count). The highest BCUT2D eigenvalue weighted by molar-refractivity contribution is 5.89. The van der Waals surface area contributed by atoms with Crippen molar-refractivity contribution in [3.63, 3.8) is 0 Å². The van der Waals surface area contributed by atoms with E-state index in [2.05, 4.69) is 65.7 Å². The summed E-state index contributed by atoms with van der Waals surface area (Å²) in [4.78, 5) is 28.0. The van der Waals surface area contributed by atoms with Crippen molar-refractivity contribution in [1.82, 2.24) is 10.2 Å². The molecule has 0 bridgehead atoms. The summed E-state index contributed by atoms with van der Waals surface area (Å²) < 4.78 is 5.37. The number of carbonyl (C=O) groups excluding carboxylic acids is 2. The molecule has 0 radical (unpaired) electrons. The van der Waals surface area contributed by atoms with E-state index in [1.54, 1.807) is 0 Å². The van der Waals surface area contributed by atoms with Crippen LogP contribution in [0.15, 0.2) is 48.5 Å². The van der Waals surface area contributed by atoms with E-state index in [1.807, 2.05) is 20.8 Å². The Morgan fingerprint density at radius 2 is 1.59 bits per heavy atom. The van der Waals surface area contributed by atoms with Gasteiger partial charge in [-0.05, 0) is 88.6 Å². The standard InChI is InChI=1S/C32H44N2O3/c1-24-8-7-22-34(24)23-18-25-9-11-26(12-10-25)27-13-15-28(16-14-27)32(19-5-6-20-32)30(36)33-21-17-29(35)37-31(2,3)4/h9-16,24H,5-8,17-23H2,1-4H3,(H,33,36). The Kier molecular flexibility index (Phi) is 8.74. The third-order valence-electron chi connectivity index (χ3n) is 8.03. The smallest absolute Gasteiger partial charge is 0.308 e. The van der Waals surface area contributed by atoms with Gasteiger partial charge in [-0.2, -0.15) is 0 Å². The normalized spacial score (nSPS) is 19.6. The number of ether oxygens (including phenoxy) is 1. The highest BCUT2D eigenvalue weighted by Crippen LogP contribution is 2.42. The van der Waals surface area contributed by atoms with Crippen molar-refractivity contribution in [3.05, 3.63) is 59.7 Å². The maximum Gasteiger partial charge on any atom is 0.308 e. The second-order valence-electron chi connectivity index (χ2n) is 11.9. The summed E-state index contributed by atoms with van der Waals surface area (Å²) in [5, 5.41) is 3.02. The van der Waals surface area contributed by atoms with E-state index in [0.717, 1.165) is 44.2 Å². The fraction of sp³-hybridized carbons (Fsp3) is 0.562. The summed E-state index contributed by atoms with van der Waals surface area (Å²) in [7, 11) is 0. The summed E-state index contributed by atoms with van der Waals surface area (Å²) in [6, 6.07) is 18.2. The lowest BCUT2D eigenvalue weighted by molar-refractivity contribution is -0.154. The number of hydrogen-bond donors (Lipinski definition) is 1. The zero-order valence-corrected chi connectivity index (χ0v) is 23.1. The topological polar surface area (TPSA) is 58.6 Å². The third kappa shape index (κ3) is 7.01. The molecule has 1 unspecified atom stereocenters. The molecular weight excluding hydrogens is 460 g/mol. The molecular formula is C32H44N2O3. The predicted molar refractivity (Wildman–Crippen MR) is 149 cm³/mol. The zero-order chi connectivity index (χ0) is 26.5. The third-order valence-corrected chi connectivity index (χ3v) is 8.03. The van der Waals surface area contributed by atoms with Crippen LogP contribution in [-0.2, 0) is 26.2 Å². The van der Waals surface area contributed by atoms with E-state index in [9.17, 15) is 9.59 Å². The minimum absolute atomic E-state index is 0.0259. The molecule has 37 heavy (non-hydrogen) atoms. The average Bonchev–Trinajstić information content (AvgIpc) is 3.52. The van der Waals surface area contributed by atoms with Gasteiger partial charge in [0.2, 0.25) is 5.91 Å². The van der Waals surface area contributed by atoms with Crippen LogP contribution in [0, 0.1) is 0 Å². The van der Waals surface area contributed by atoms with Gasteiger partial charge in [-0.1, -0.05) is 61.4 Å². The molecule has 1 aliphatic heterocycles. The van der Waals surface area contributed by atoms with Gasteiger partial charge < -0.3 is 15.0 Å². The fourth-order valence-electron chi connectivity index (χ4n) is 5.91. The van der Waals surface area contributed by atoms with Crippen LogP contribution in [-0.4, -0.2) is 48.1 Å². The van der Waals surface area contributed by atoms with Gasteiger partial charge in [-0.25, -0.2) is 0 Å². The minimum Gasteiger partial charge on any atom is -0.460 e. The summed E-state index contributed by atoms with van der Waals surface area (Å²) >= 11 is 0.